The fourth-order valence-electron chi connectivity index (χ4n) is 3.10. The van der Waals surface area contributed by atoms with Crippen molar-refractivity contribution in [2.45, 2.75) is 12.8 Å². The Kier molecular flexibility index (Phi) is 5.94. The van der Waals surface area contributed by atoms with Crippen LogP contribution in [0.4, 0.5) is 13.2 Å². The largest absolute Gasteiger partial charge is 0.489 e. The van der Waals surface area contributed by atoms with Crippen LogP contribution in [-0.4, -0.2) is 0 Å². The zero-order valence-corrected chi connectivity index (χ0v) is 16.4. The molecule has 0 unspecified atom stereocenters. The van der Waals surface area contributed by atoms with E-state index >= 15 is 0 Å². The van der Waals surface area contributed by atoms with Crippen molar-refractivity contribution < 1.29 is 22.6 Å². The van der Waals surface area contributed by atoms with Crippen LogP contribution in [0.2, 0.25) is 0 Å². The van der Waals surface area contributed by atoms with E-state index in [-0.39, 0.29) is 11.3 Å². The van der Waals surface area contributed by atoms with Crippen LogP contribution in [0.25, 0.3) is 11.1 Å². The molecule has 4 aromatic rings. The van der Waals surface area contributed by atoms with Gasteiger partial charge in [-0.2, -0.15) is 13.2 Å². The van der Waals surface area contributed by atoms with Crippen molar-refractivity contribution in [2.24, 2.45) is 0 Å². The van der Waals surface area contributed by atoms with Crippen LogP contribution in [0.3, 0.4) is 0 Å². The number of ether oxygens (including phenoxy) is 2. The second-order valence-corrected chi connectivity index (χ2v) is 6.83. The average molecular weight is 419 g/mol. The van der Waals surface area contributed by atoms with Gasteiger partial charge in [0.1, 0.15) is 23.9 Å². The summed E-state index contributed by atoms with van der Waals surface area (Å²) < 4.78 is 52.3. The molecular weight excluding hydrogens is 401 g/mol. The highest BCUT2D eigenvalue weighted by Crippen LogP contribution is 2.39. The molecule has 0 heterocycles. The SMILES string of the molecule is FC(F)(F)c1cc(Oc2ccc(OCc3ccccc3)cc2)ccc1-c1[c]cccc1. The Bertz CT molecular complexity index is 1120. The van der Waals surface area contributed by atoms with Crippen LogP contribution < -0.4 is 9.47 Å². The molecule has 0 atom stereocenters. The van der Waals surface area contributed by atoms with E-state index in [9.17, 15) is 13.2 Å². The van der Waals surface area contributed by atoms with Crippen LogP contribution >= 0.6 is 0 Å². The summed E-state index contributed by atoms with van der Waals surface area (Å²) in [5.74, 6) is 1.16. The van der Waals surface area contributed by atoms with E-state index in [4.69, 9.17) is 9.47 Å². The first kappa shape index (κ1) is 20.5. The summed E-state index contributed by atoms with van der Waals surface area (Å²) in [5.41, 5.74) is 0.708. The monoisotopic (exact) mass is 419 g/mol. The predicted molar refractivity (Wildman–Crippen MR) is 113 cm³/mol. The number of hydrogen-bond donors (Lipinski definition) is 0. The van der Waals surface area contributed by atoms with Gasteiger partial charge in [0.15, 0.2) is 0 Å². The summed E-state index contributed by atoms with van der Waals surface area (Å²) in [4.78, 5) is 0. The Hall–Kier alpha value is -3.73. The van der Waals surface area contributed by atoms with Crippen LogP contribution in [0.1, 0.15) is 11.1 Å². The van der Waals surface area contributed by atoms with E-state index in [2.05, 4.69) is 6.07 Å². The van der Waals surface area contributed by atoms with Gasteiger partial charge >= 0.3 is 6.18 Å². The van der Waals surface area contributed by atoms with Gasteiger partial charge in [0.05, 0.1) is 5.56 Å². The first-order valence-electron chi connectivity index (χ1n) is 9.62. The summed E-state index contributed by atoms with van der Waals surface area (Å²) >= 11 is 0. The summed E-state index contributed by atoms with van der Waals surface area (Å²) in [6.07, 6.45) is -4.52. The molecule has 2 nitrogen and oxygen atoms in total. The van der Waals surface area contributed by atoms with Crippen LogP contribution in [0.15, 0.2) is 97.1 Å². The molecule has 4 aromatic carbocycles. The quantitative estimate of drug-likeness (QED) is 0.321. The highest BCUT2D eigenvalue weighted by Gasteiger charge is 2.34. The maximum atomic E-state index is 13.6. The van der Waals surface area contributed by atoms with Gasteiger partial charge in [-0.15, -0.1) is 0 Å². The fourth-order valence-corrected chi connectivity index (χ4v) is 3.10. The minimum absolute atomic E-state index is 0.0603. The molecule has 155 valence electrons. The molecule has 0 aliphatic rings. The Morgan fingerprint density at radius 1 is 0.710 bits per heavy atom. The molecular formula is C26H18F3O2. The molecule has 5 heteroatoms. The van der Waals surface area contributed by atoms with E-state index in [1.165, 1.54) is 12.1 Å². The summed E-state index contributed by atoms with van der Waals surface area (Å²) in [6, 6.07) is 29.8. The van der Waals surface area contributed by atoms with E-state index in [1.807, 2.05) is 30.3 Å². The van der Waals surface area contributed by atoms with E-state index in [0.717, 1.165) is 11.6 Å². The molecule has 0 aliphatic heterocycles. The van der Waals surface area contributed by atoms with Gasteiger partial charge in [-0.05, 0) is 59.2 Å². The minimum Gasteiger partial charge on any atom is -0.489 e. The lowest BCUT2D eigenvalue weighted by atomic mass is 9.99. The van der Waals surface area contributed by atoms with Gasteiger partial charge in [-0.1, -0.05) is 60.7 Å². The highest BCUT2D eigenvalue weighted by molar-refractivity contribution is 5.68. The molecule has 0 spiro atoms. The molecule has 0 aliphatic carbocycles. The maximum absolute atomic E-state index is 13.6. The molecule has 31 heavy (non-hydrogen) atoms. The molecule has 0 amide bonds. The number of halogens is 3. The zero-order valence-electron chi connectivity index (χ0n) is 16.4. The second-order valence-electron chi connectivity index (χ2n) is 6.83. The first-order chi connectivity index (χ1) is 15.0. The summed E-state index contributed by atoms with van der Waals surface area (Å²) in [7, 11) is 0. The van der Waals surface area contributed by atoms with Crippen LogP contribution in [0, 0.1) is 6.07 Å². The Morgan fingerprint density at radius 2 is 1.39 bits per heavy atom. The highest BCUT2D eigenvalue weighted by atomic mass is 19.4. The van der Waals surface area contributed by atoms with Gasteiger partial charge in [0.2, 0.25) is 0 Å². The fraction of sp³-hybridized carbons (Fsp3) is 0.0769. The minimum atomic E-state index is -4.52. The van der Waals surface area contributed by atoms with E-state index in [1.54, 1.807) is 48.5 Å². The van der Waals surface area contributed by atoms with E-state index in [0.29, 0.717) is 23.7 Å². The molecule has 0 bridgehead atoms. The number of alkyl halides is 3. The van der Waals surface area contributed by atoms with Crippen molar-refractivity contribution in [1.29, 1.82) is 0 Å². The van der Waals surface area contributed by atoms with Gasteiger partial charge in [0.25, 0.3) is 0 Å². The number of hydrogen-bond acceptors (Lipinski definition) is 2. The van der Waals surface area contributed by atoms with Gasteiger partial charge in [0, 0.05) is 0 Å². The zero-order chi connectivity index (χ0) is 21.7. The van der Waals surface area contributed by atoms with Gasteiger partial charge in [-0.3, -0.25) is 0 Å². The Morgan fingerprint density at radius 3 is 2.06 bits per heavy atom. The lowest BCUT2D eigenvalue weighted by Gasteiger charge is -2.15. The van der Waals surface area contributed by atoms with Gasteiger partial charge in [-0.25, -0.2) is 0 Å². The molecule has 4 rings (SSSR count). The van der Waals surface area contributed by atoms with Crippen molar-refractivity contribution in [3.63, 3.8) is 0 Å². The molecule has 1 radical (unpaired) electrons. The van der Waals surface area contributed by atoms with Crippen molar-refractivity contribution in [2.75, 3.05) is 0 Å². The van der Waals surface area contributed by atoms with Crippen LogP contribution in [0.5, 0.6) is 17.2 Å². The summed E-state index contributed by atoms with van der Waals surface area (Å²) in [5, 5.41) is 0. The Labute approximate surface area is 178 Å². The van der Waals surface area contributed by atoms with Crippen molar-refractivity contribution in [3.05, 3.63) is 114 Å². The average Bonchev–Trinajstić information content (AvgIpc) is 2.79. The van der Waals surface area contributed by atoms with Crippen molar-refractivity contribution >= 4 is 0 Å². The van der Waals surface area contributed by atoms with Crippen LogP contribution in [-0.2, 0) is 12.8 Å². The van der Waals surface area contributed by atoms with E-state index < -0.39 is 11.7 Å². The van der Waals surface area contributed by atoms with Crippen molar-refractivity contribution in [1.82, 2.24) is 0 Å². The molecule has 0 saturated heterocycles. The lowest BCUT2D eigenvalue weighted by molar-refractivity contribution is -0.137. The smallest absolute Gasteiger partial charge is 0.417 e. The third kappa shape index (κ3) is 5.25. The normalized spacial score (nSPS) is 11.2. The molecule has 0 N–H and O–H groups in total. The predicted octanol–water partition coefficient (Wildman–Crippen LogP) is 7.54. The standard InChI is InChI=1S/C26H18F3O2/c27-26(28,29)25-17-23(15-16-24(25)20-9-5-2-6-10-20)31-22-13-11-21(12-14-22)30-18-19-7-3-1-4-8-19/h1-9,11-17H,18H2. The van der Waals surface area contributed by atoms with Gasteiger partial charge < -0.3 is 9.47 Å². The third-order valence-electron chi connectivity index (χ3n) is 4.60. The number of rotatable bonds is 6. The van der Waals surface area contributed by atoms with Crippen molar-refractivity contribution in [3.8, 4) is 28.4 Å². The molecule has 0 saturated carbocycles. The summed E-state index contributed by atoms with van der Waals surface area (Å²) in [6.45, 7) is 0.425. The lowest BCUT2D eigenvalue weighted by Crippen LogP contribution is -2.07. The second kappa shape index (κ2) is 8.96. The first-order valence-corrected chi connectivity index (χ1v) is 9.62. The Balaban J connectivity index is 1.50. The number of benzene rings is 4. The maximum Gasteiger partial charge on any atom is 0.417 e. The third-order valence-corrected chi connectivity index (χ3v) is 4.60. The topological polar surface area (TPSA) is 18.5 Å². The molecule has 0 fully saturated rings. The molecule has 0 aromatic heterocycles.